The summed E-state index contributed by atoms with van der Waals surface area (Å²) in [6.07, 6.45) is 10.9. The normalized spacial score (nSPS) is 37.2. The van der Waals surface area contributed by atoms with E-state index in [-0.39, 0.29) is 6.04 Å². The van der Waals surface area contributed by atoms with E-state index in [4.69, 9.17) is 10.5 Å². The Morgan fingerprint density at radius 1 is 1.36 bits per heavy atom. The zero-order valence-corrected chi connectivity index (χ0v) is 9.15. The van der Waals surface area contributed by atoms with E-state index in [9.17, 15) is 0 Å². The van der Waals surface area contributed by atoms with Crippen LogP contribution < -0.4 is 5.73 Å². The molecule has 0 radical (unpaired) electrons. The highest BCUT2D eigenvalue weighted by atomic mass is 16.5. The molecule has 0 fully saturated rings. The SMILES string of the molecule is COCCC1C/C=C\C(C)/C=C/[C@@H]1N. The van der Waals surface area contributed by atoms with Gasteiger partial charge >= 0.3 is 0 Å². The molecule has 0 aromatic rings. The summed E-state index contributed by atoms with van der Waals surface area (Å²) in [6.45, 7) is 2.98. The molecule has 0 amide bonds. The summed E-state index contributed by atoms with van der Waals surface area (Å²) in [5.74, 6) is 1.04. The van der Waals surface area contributed by atoms with Crippen LogP contribution in [0.3, 0.4) is 0 Å². The molecule has 1 rings (SSSR count). The highest BCUT2D eigenvalue weighted by Gasteiger charge is 2.15. The number of hydrogen-bond donors (Lipinski definition) is 1. The van der Waals surface area contributed by atoms with Crippen LogP contribution in [0.15, 0.2) is 24.3 Å². The molecule has 0 aromatic carbocycles. The summed E-state index contributed by atoms with van der Waals surface area (Å²) >= 11 is 0. The lowest BCUT2D eigenvalue weighted by Crippen LogP contribution is -2.29. The van der Waals surface area contributed by atoms with E-state index in [1.807, 2.05) is 0 Å². The standard InChI is InChI=1S/C12H21NO/c1-10-4-3-5-11(8-9-14-2)12(13)7-6-10/h3-4,6-7,10-12H,5,8-9,13H2,1-2H3/b4-3-,7-6+/t10?,11?,12-/m0/s1. The molecule has 2 unspecified atom stereocenters. The van der Waals surface area contributed by atoms with Gasteiger partial charge in [0.1, 0.15) is 0 Å². The fraction of sp³-hybridized carbons (Fsp3) is 0.667. The van der Waals surface area contributed by atoms with Gasteiger partial charge in [-0.1, -0.05) is 31.2 Å². The van der Waals surface area contributed by atoms with E-state index in [0.717, 1.165) is 19.4 Å². The Kier molecular flexibility index (Phi) is 4.91. The lowest BCUT2D eigenvalue weighted by Gasteiger charge is -2.21. The minimum Gasteiger partial charge on any atom is -0.385 e. The molecule has 1 aliphatic carbocycles. The van der Waals surface area contributed by atoms with Gasteiger partial charge in [0.15, 0.2) is 0 Å². The summed E-state index contributed by atoms with van der Waals surface area (Å²) in [6, 6.07) is 0.178. The molecule has 2 N–H and O–H groups in total. The van der Waals surface area contributed by atoms with Gasteiger partial charge in [0.25, 0.3) is 0 Å². The topological polar surface area (TPSA) is 35.2 Å². The first-order valence-corrected chi connectivity index (χ1v) is 5.33. The van der Waals surface area contributed by atoms with E-state index >= 15 is 0 Å². The molecule has 0 saturated heterocycles. The van der Waals surface area contributed by atoms with Crippen molar-refractivity contribution >= 4 is 0 Å². The molecule has 0 bridgehead atoms. The molecular formula is C12H21NO. The van der Waals surface area contributed by atoms with Gasteiger partial charge in [-0.2, -0.15) is 0 Å². The molecule has 2 nitrogen and oxygen atoms in total. The number of ether oxygens (including phenoxy) is 1. The maximum absolute atomic E-state index is 6.08. The highest BCUT2D eigenvalue weighted by molar-refractivity contribution is 5.07. The minimum absolute atomic E-state index is 0.178. The van der Waals surface area contributed by atoms with Crippen LogP contribution in [0.1, 0.15) is 19.8 Å². The third-order valence-electron chi connectivity index (χ3n) is 2.75. The van der Waals surface area contributed by atoms with Crippen molar-refractivity contribution in [3.05, 3.63) is 24.3 Å². The second-order valence-electron chi connectivity index (χ2n) is 4.03. The molecule has 2 heteroatoms. The van der Waals surface area contributed by atoms with Crippen molar-refractivity contribution < 1.29 is 4.74 Å². The Hall–Kier alpha value is -0.600. The van der Waals surface area contributed by atoms with Crippen LogP contribution in [0, 0.1) is 11.8 Å². The summed E-state index contributed by atoms with van der Waals surface area (Å²) in [5.41, 5.74) is 6.08. The second kappa shape index (κ2) is 5.99. The fourth-order valence-corrected chi connectivity index (χ4v) is 1.73. The number of rotatable bonds is 3. The Balaban J connectivity index is 2.50. The Morgan fingerprint density at radius 3 is 2.86 bits per heavy atom. The van der Waals surface area contributed by atoms with Crippen molar-refractivity contribution in [1.82, 2.24) is 0 Å². The molecule has 0 heterocycles. The molecule has 0 aromatic heterocycles. The quantitative estimate of drug-likeness (QED) is 0.700. The van der Waals surface area contributed by atoms with Crippen molar-refractivity contribution in [2.45, 2.75) is 25.8 Å². The number of hydrogen-bond acceptors (Lipinski definition) is 2. The van der Waals surface area contributed by atoms with Gasteiger partial charge in [0.2, 0.25) is 0 Å². The van der Waals surface area contributed by atoms with Crippen LogP contribution >= 0.6 is 0 Å². The monoisotopic (exact) mass is 195 g/mol. The predicted octanol–water partition coefficient (Wildman–Crippen LogP) is 2.12. The minimum atomic E-state index is 0.178. The maximum Gasteiger partial charge on any atom is 0.0465 e. The smallest absolute Gasteiger partial charge is 0.0465 e. The van der Waals surface area contributed by atoms with E-state index in [2.05, 4.69) is 31.2 Å². The van der Waals surface area contributed by atoms with Gasteiger partial charge < -0.3 is 10.5 Å². The van der Waals surface area contributed by atoms with Crippen LogP contribution in [0.2, 0.25) is 0 Å². The van der Waals surface area contributed by atoms with Crippen molar-refractivity contribution in [1.29, 1.82) is 0 Å². The van der Waals surface area contributed by atoms with Gasteiger partial charge in [0.05, 0.1) is 0 Å². The van der Waals surface area contributed by atoms with Crippen LogP contribution in [-0.2, 0) is 4.74 Å². The Labute approximate surface area is 86.8 Å². The predicted molar refractivity (Wildman–Crippen MR) is 60.0 cm³/mol. The van der Waals surface area contributed by atoms with Crippen LogP contribution in [0.25, 0.3) is 0 Å². The highest BCUT2D eigenvalue weighted by Crippen LogP contribution is 2.18. The summed E-state index contributed by atoms with van der Waals surface area (Å²) in [5, 5.41) is 0. The zero-order valence-electron chi connectivity index (χ0n) is 9.15. The van der Waals surface area contributed by atoms with E-state index in [1.165, 1.54) is 0 Å². The van der Waals surface area contributed by atoms with Gasteiger partial charge in [-0.15, -0.1) is 0 Å². The molecular weight excluding hydrogens is 174 g/mol. The molecule has 0 spiro atoms. The van der Waals surface area contributed by atoms with Gasteiger partial charge in [-0.25, -0.2) is 0 Å². The first-order valence-electron chi connectivity index (χ1n) is 5.33. The zero-order chi connectivity index (χ0) is 10.4. The molecule has 0 saturated carbocycles. The number of allylic oxidation sites excluding steroid dienone is 3. The van der Waals surface area contributed by atoms with Gasteiger partial charge in [0, 0.05) is 19.8 Å². The van der Waals surface area contributed by atoms with Crippen molar-refractivity contribution in [3.63, 3.8) is 0 Å². The molecule has 80 valence electrons. The Morgan fingerprint density at radius 2 is 2.14 bits per heavy atom. The molecule has 3 atom stereocenters. The van der Waals surface area contributed by atoms with Crippen molar-refractivity contribution in [2.75, 3.05) is 13.7 Å². The second-order valence-corrected chi connectivity index (χ2v) is 4.03. The lowest BCUT2D eigenvalue weighted by atomic mass is 9.90. The summed E-state index contributed by atoms with van der Waals surface area (Å²) in [7, 11) is 1.74. The average molecular weight is 195 g/mol. The van der Waals surface area contributed by atoms with Crippen LogP contribution in [0.4, 0.5) is 0 Å². The molecule has 1 aliphatic rings. The molecule has 0 aliphatic heterocycles. The number of methoxy groups -OCH3 is 1. The molecule has 14 heavy (non-hydrogen) atoms. The summed E-state index contributed by atoms with van der Waals surface area (Å²) < 4.78 is 5.08. The van der Waals surface area contributed by atoms with Crippen LogP contribution in [0.5, 0.6) is 0 Å². The Bertz CT molecular complexity index is 210. The first kappa shape index (κ1) is 11.5. The summed E-state index contributed by atoms with van der Waals surface area (Å²) in [4.78, 5) is 0. The fourth-order valence-electron chi connectivity index (χ4n) is 1.73. The lowest BCUT2D eigenvalue weighted by molar-refractivity contribution is 0.174. The third kappa shape index (κ3) is 3.64. The van der Waals surface area contributed by atoms with Crippen LogP contribution in [-0.4, -0.2) is 19.8 Å². The average Bonchev–Trinajstić information content (AvgIpc) is 2.17. The number of nitrogens with two attached hydrogens (primary N) is 1. The first-order chi connectivity index (χ1) is 6.74. The van der Waals surface area contributed by atoms with Gasteiger partial charge in [-0.05, 0) is 24.7 Å². The van der Waals surface area contributed by atoms with Crippen molar-refractivity contribution in [2.24, 2.45) is 17.6 Å². The van der Waals surface area contributed by atoms with Gasteiger partial charge in [-0.3, -0.25) is 0 Å². The largest absolute Gasteiger partial charge is 0.385 e. The van der Waals surface area contributed by atoms with E-state index in [0.29, 0.717) is 11.8 Å². The van der Waals surface area contributed by atoms with E-state index in [1.54, 1.807) is 7.11 Å². The third-order valence-corrected chi connectivity index (χ3v) is 2.75. The maximum atomic E-state index is 6.08. The van der Waals surface area contributed by atoms with E-state index < -0.39 is 0 Å². The van der Waals surface area contributed by atoms with Crippen molar-refractivity contribution in [3.8, 4) is 0 Å².